The minimum absolute atomic E-state index is 0.605. The van der Waals surface area contributed by atoms with Gasteiger partial charge in [0.2, 0.25) is 0 Å². The van der Waals surface area contributed by atoms with Crippen LogP contribution in [0.15, 0.2) is 36.4 Å². The summed E-state index contributed by atoms with van der Waals surface area (Å²) in [4.78, 5) is 0. The van der Waals surface area contributed by atoms with Crippen LogP contribution in [0.5, 0.6) is 11.5 Å². The van der Waals surface area contributed by atoms with Crippen molar-refractivity contribution in [3.05, 3.63) is 52.5 Å². The normalized spacial score (nSPS) is 10.3. The zero-order chi connectivity index (χ0) is 15.2. The Balaban J connectivity index is 2.08. The number of rotatable bonds is 6. The van der Waals surface area contributed by atoms with E-state index in [4.69, 9.17) is 21.1 Å². The summed E-state index contributed by atoms with van der Waals surface area (Å²) in [6, 6.07) is 11.9. The standard InChI is InChI=1S/C17H20ClNO2/c1-4-21-17-10-14(7-8-16(17)20-3)19-11-13-6-5-12(2)15(18)9-13/h5-10,19H,4,11H2,1-3H3. The highest BCUT2D eigenvalue weighted by Crippen LogP contribution is 2.30. The van der Waals surface area contributed by atoms with Gasteiger partial charge in [-0.25, -0.2) is 0 Å². The Hall–Kier alpha value is -1.87. The minimum atomic E-state index is 0.605. The minimum Gasteiger partial charge on any atom is -0.493 e. The smallest absolute Gasteiger partial charge is 0.163 e. The molecule has 0 saturated carbocycles. The SMILES string of the molecule is CCOc1cc(NCc2ccc(C)c(Cl)c2)ccc1OC. The van der Waals surface area contributed by atoms with Gasteiger partial charge in [0.1, 0.15) is 0 Å². The molecule has 0 fully saturated rings. The van der Waals surface area contributed by atoms with Gasteiger partial charge in [-0.15, -0.1) is 0 Å². The molecule has 0 atom stereocenters. The van der Waals surface area contributed by atoms with Crippen LogP contribution in [0.25, 0.3) is 0 Å². The lowest BCUT2D eigenvalue weighted by Gasteiger charge is -2.13. The molecular weight excluding hydrogens is 286 g/mol. The number of anilines is 1. The molecule has 0 aliphatic heterocycles. The molecule has 4 heteroatoms. The van der Waals surface area contributed by atoms with Crippen LogP contribution in [0, 0.1) is 6.92 Å². The van der Waals surface area contributed by atoms with Gasteiger partial charge in [-0.3, -0.25) is 0 Å². The molecule has 21 heavy (non-hydrogen) atoms. The first-order valence-electron chi connectivity index (χ1n) is 6.93. The molecule has 1 N–H and O–H groups in total. The molecule has 0 saturated heterocycles. The fourth-order valence-corrected chi connectivity index (χ4v) is 2.21. The van der Waals surface area contributed by atoms with Gasteiger partial charge in [0.15, 0.2) is 11.5 Å². The van der Waals surface area contributed by atoms with Gasteiger partial charge >= 0.3 is 0 Å². The summed E-state index contributed by atoms with van der Waals surface area (Å²) in [7, 11) is 1.64. The van der Waals surface area contributed by atoms with Crippen molar-refractivity contribution in [3.8, 4) is 11.5 Å². The van der Waals surface area contributed by atoms with Crippen molar-refractivity contribution in [2.24, 2.45) is 0 Å². The Bertz CT molecular complexity index is 614. The van der Waals surface area contributed by atoms with E-state index in [2.05, 4.69) is 11.4 Å². The third kappa shape index (κ3) is 4.05. The fourth-order valence-electron chi connectivity index (χ4n) is 2.01. The van der Waals surface area contributed by atoms with Crippen molar-refractivity contribution >= 4 is 17.3 Å². The Morgan fingerprint density at radius 2 is 1.90 bits per heavy atom. The van der Waals surface area contributed by atoms with Crippen molar-refractivity contribution in [1.29, 1.82) is 0 Å². The van der Waals surface area contributed by atoms with E-state index < -0.39 is 0 Å². The van der Waals surface area contributed by atoms with Crippen molar-refractivity contribution in [1.82, 2.24) is 0 Å². The van der Waals surface area contributed by atoms with E-state index in [1.54, 1.807) is 7.11 Å². The van der Waals surface area contributed by atoms with E-state index in [9.17, 15) is 0 Å². The second kappa shape index (κ2) is 7.23. The van der Waals surface area contributed by atoms with Crippen LogP contribution in [0.3, 0.4) is 0 Å². The molecule has 0 aliphatic carbocycles. The van der Waals surface area contributed by atoms with E-state index in [0.717, 1.165) is 33.3 Å². The molecule has 0 spiro atoms. The molecule has 0 aromatic heterocycles. The first-order valence-corrected chi connectivity index (χ1v) is 7.31. The van der Waals surface area contributed by atoms with Gasteiger partial charge in [0.05, 0.1) is 13.7 Å². The number of hydrogen-bond acceptors (Lipinski definition) is 3. The Morgan fingerprint density at radius 1 is 1.10 bits per heavy atom. The van der Waals surface area contributed by atoms with E-state index in [-0.39, 0.29) is 0 Å². The van der Waals surface area contributed by atoms with E-state index >= 15 is 0 Å². The quantitative estimate of drug-likeness (QED) is 0.841. The average molecular weight is 306 g/mol. The molecule has 2 aromatic rings. The fraction of sp³-hybridized carbons (Fsp3) is 0.294. The predicted octanol–water partition coefficient (Wildman–Crippen LogP) is 4.67. The maximum absolute atomic E-state index is 6.14. The van der Waals surface area contributed by atoms with Crippen LogP contribution in [0.4, 0.5) is 5.69 Å². The van der Waals surface area contributed by atoms with E-state index in [1.165, 1.54) is 0 Å². The zero-order valence-corrected chi connectivity index (χ0v) is 13.3. The number of halogens is 1. The van der Waals surface area contributed by atoms with Crippen LogP contribution < -0.4 is 14.8 Å². The summed E-state index contributed by atoms with van der Waals surface area (Å²) in [5.41, 5.74) is 3.21. The highest BCUT2D eigenvalue weighted by Gasteiger charge is 2.05. The third-order valence-corrected chi connectivity index (χ3v) is 3.60. The van der Waals surface area contributed by atoms with Crippen LogP contribution >= 0.6 is 11.6 Å². The van der Waals surface area contributed by atoms with Gasteiger partial charge in [-0.1, -0.05) is 23.7 Å². The number of benzene rings is 2. The second-order valence-corrected chi connectivity index (χ2v) is 5.14. The molecule has 0 bridgehead atoms. The highest BCUT2D eigenvalue weighted by molar-refractivity contribution is 6.31. The lowest BCUT2D eigenvalue weighted by molar-refractivity contribution is 0.311. The topological polar surface area (TPSA) is 30.5 Å². The number of methoxy groups -OCH3 is 1. The van der Waals surface area contributed by atoms with Crippen LogP contribution in [-0.2, 0) is 6.54 Å². The molecule has 2 aromatic carbocycles. The monoisotopic (exact) mass is 305 g/mol. The summed E-state index contributed by atoms with van der Waals surface area (Å²) in [6.45, 7) is 5.26. The molecule has 0 radical (unpaired) electrons. The molecule has 112 valence electrons. The molecule has 3 nitrogen and oxygen atoms in total. The summed E-state index contributed by atoms with van der Waals surface area (Å²) in [6.07, 6.45) is 0. The van der Waals surface area contributed by atoms with Gasteiger partial charge in [0.25, 0.3) is 0 Å². The Kier molecular flexibility index (Phi) is 5.34. The Labute approximate surface area is 130 Å². The van der Waals surface area contributed by atoms with Crippen molar-refractivity contribution in [2.45, 2.75) is 20.4 Å². The van der Waals surface area contributed by atoms with Gasteiger partial charge in [-0.05, 0) is 43.2 Å². The zero-order valence-electron chi connectivity index (χ0n) is 12.6. The molecule has 0 unspecified atom stereocenters. The molecule has 0 aliphatic rings. The number of nitrogens with one attached hydrogen (secondary N) is 1. The van der Waals surface area contributed by atoms with Crippen LogP contribution in [0.1, 0.15) is 18.1 Å². The first-order chi connectivity index (χ1) is 10.1. The van der Waals surface area contributed by atoms with Crippen LogP contribution in [0.2, 0.25) is 5.02 Å². The van der Waals surface area contributed by atoms with Gasteiger partial charge in [0, 0.05) is 23.3 Å². The average Bonchev–Trinajstić information content (AvgIpc) is 2.49. The van der Waals surface area contributed by atoms with Crippen molar-refractivity contribution < 1.29 is 9.47 Å². The maximum atomic E-state index is 6.14. The summed E-state index contributed by atoms with van der Waals surface area (Å²) >= 11 is 6.14. The predicted molar refractivity (Wildman–Crippen MR) is 87.7 cm³/mol. The van der Waals surface area contributed by atoms with Gasteiger partial charge < -0.3 is 14.8 Å². The molecular formula is C17H20ClNO2. The van der Waals surface area contributed by atoms with Crippen molar-refractivity contribution in [3.63, 3.8) is 0 Å². The molecule has 0 heterocycles. The lowest BCUT2D eigenvalue weighted by atomic mass is 10.1. The highest BCUT2D eigenvalue weighted by atomic mass is 35.5. The summed E-state index contributed by atoms with van der Waals surface area (Å²) < 4.78 is 10.8. The van der Waals surface area contributed by atoms with E-state index in [1.807, 2.05) is 44.2 Å². The van der Waals surface area contributed by atoms with Crippen LogP contribution in [-0.4, -0.2) is 13.7 Å². The second-order valence-electron chi connectivity index (χ2n) is 4.74. The molecule has 2 rings (SSSR count). The largest absolute Gasteiger partial charge is 0.493 e. The molecule has 0 amide bonds. The first kappa shape index (κ1) is 15.5. The summed E-state index contributed by atoms with van der Waals surface area (Å²) in [5.74, 6) is 1.48. The Morgan fingerprint density at radius 3 is 2.57 bits per heavy atom. The van der Waals surface area contributed by atoms with Crippen molar-refractivity contribution in [2.75, 3.05) is 19.0 Å². The summed E-state index contributed by atoms with van der Waals surface area (Å²) in [5, 5.41) is 4.15. The number of ether oxygens (including phenoxy) is 2. The number of aryl methyl sites for hydroxylation is 1. The lowest BCUT2D eigenvalue weighted by Crippen LogP contribution is -2.01. The van der Waals surface area contributed by atoms with Gasteiger partial charge in [-0.2, -0.15) is 0 Å². The third-order valence-electron chi connectivity index (χ3n) is 3.20. The number of hydrogen-bond donors (Lipinski definition) is 1. The maximum Gasteiger partial charge on any atom is 0.163 e. The van der Waals surface area contributed by atoms with E-state index in [0.29, 0.717) is 13.2 Å².